The number of aryl methyl sites for hydroxylation is 1. The molecule has 0 spiro atoms. The van der Waals surface area contributed by atoms with Crippen LogP contribution in [0.25, 0.3) is 27.8 Å². The lowest BCUT2D eigenvalue weighted by molar-refractivity contribution is -0.274. The van der Waals surface area contributed by atoms with Crippen molar-refractivity contribution in [2.75, 3.05) is 5.73 Å². The lowest BCUT2D eigenvalue weighted by Gasteiger charge is -2.27. The molecule has 1 aliphatic rings. The van der Waals surface area contributed by atoms with Gasteiger partial charge in [-0.25, -0.2) is 9.97 Å². The predicted molar refractivity (Wildman–Crippen MR) is 144 cm³/mol. The van der Waals surface area contributed by atoms with Crippen LogP contribution in [0.1, 0.15) is 48.7 Å². The molecule has 1 saturated carbocycles. The molecular weight excluding hydrogens is 521 g/mol. The molecule has 8 nitrogen and oxygen atoms in total. The number of benzene rings is 1. The minimum atomic E-state index is -4.82. The maximum Gasteiger partial charge on any atom is 0.573 e. The summed E-state index contributed by atoms with van der Waals surface area (Å²) in [5.74, 6) is 1.02. The van der Waals surface area contributed by atoms with Gasteiger partial charge in [-0.05, 0) is 56.4 Å². The fraction of sp³-hybridized carbons (Fsp3) is 0.310. The number of nitrogens with zero attached hydrogens (tertiary/aromatic N) is 4. The molecule has 11 heteroatoms. The largest absolute Gasteiger partial charge is 0.573 e. The third-order valence-electron chi connectivity index (χ3n) is 7.61. The van der Waals surface area contributed by atoms with Crippen molar-refractivity contribution < 1.29 is 22.7 Å². The number of carbonyl (C=O) groups excluding carboxylic acids is 1. The van der Waals surface area contributed by atoms with Gasteiger partial charge < -0.3 is 15.5 Å². The number of carbonyl (C=O) groups is 1. The Morgan fingerprint density at radius 1 is 1.15 bits per heavy atom. The summed E-state index contributed by atoms with van der Waals surface area (Å²) in [7, 11) is 0. The van der Waals surface area contributed by atoms with E-state index in [9.17, 15) is 18.0 Å². The maximum absolute atomic E-state index is 13.0. The number of halogens is 3. The number of nitrogens with two attached hydrogens (primary N) is 1. The standard InChI is InChI=1S/C29H27F3N6O2/c1-16-5-6-17(15-35-16)13-22(39)18-7-9-19(10-8-18)28-37-25(26-27(33)34-11-12-38(26)28)21-14-20-3-2-4-23(24(20)36-21)40-29(30,31)32/h2-6,11-12,14-15,18-19,36H,7-10,13H2,1H3,(H2,33,34). The molecule has 1 aliphatic carbocycles. The molecule has 3 N–H and O–H groups in total. The molecule has 1 aromatic carbocycles. The molecule has 0 aliphatic heterocycles. The zero-order chi connectivity index (χ0) is 28.0. The number of hydrogen-bond donors (Lipinski definition) is 2. The lowest BCUT2D eigenvalue weighted by Crippen LogP contribution is -2.23. The SMILES string of the molecule is Cc1ccc(CC(=O)C2CCC(c3nc(-c4cc5cccc(OC(F)(F)F)c5[nH]4)c4c(N)nccn34)CC2)cn1. The molecule has 4 aromatic heterocycles. The van der Waals surface area contributed by atoms with Crippen LogP contribution in [0.2, 0.25) is 0 Å². The van der Waals surface area contributed by atoms with Crippen molar-refractivity contribution in [1.82, 2.24) is 24.3 Å². The average molecular weight is 549 g/mol. The van der Waals surface area contributed by atoms with Crippen molar-refractivity contribution in [3.8, 4) is 17.1 Å². The van der Waals surface area contributed by atoms with Crippen LogP contribution in [0.3, 0.4) is 0 Å². The number of rotatable bonds is 6. The van der Waals surface area contributed by atoms with E-state index in [1.54, 1.807) is 30.7 Å². The van der Waals surface area contributed by atoms with Gasteiger partial charge in [0.05, 0.1) is 11.2 Å². The number of Topliss-reactive ketones (excluding diaryl/α,β-unsaturated/α-hetero) is 1. The first-order valence-corrected chi connectivity index (χ1v) is 13.1. The third kappa shape index (κ3) is 4.99. The second kappa shape index (κ2) is 9.96. The van der Waals surface area contributed by atoms with Crippen LogP contribution in [-0.2, 0) is 11.2 Å². The molecule has 0 atom stereocenters. The number of ether oxygens (including phenoxy) is 1. The molecule has 206 valence electrons. The van der Waals surface area contributed by atoms with E-state index in [2.05, 4.69) is 19.7 Å². The number of fused-ring (bicyclic) bond motifs is 2. The van der Waals surface area contributed by atoms with Gasteiger partial charge in [-0.2, -0.15) is 0 Å². The number of aromatic nitrogens is 5. The Morgan fingerprint density at radius 2 is 1.95 bits per heavy atom. The molecule has 0 bridgehead atoms. The number of ketones is 1. The summed E-state index contributed by atoms with van der Waals surface area (Å²) in [5.41, 5.74) is 9.91. The third-order valence-corrected chi connectivity index (χ3v) is 7.61. The minimum absolute atomic E-state index is 0.0178. The molecule has 4 heterocycles. The maximum atomic E-state index is 13.0. The van der Waals surface area contributed by atoms with E-state index in [4.69, 9.17) is 10.7 Å². The Kier molecular flexibility index (Phi) is 6.44. The molecule has 40 heavy (non-hydrogen) atoms. The van der Waals surface area contributed by atoms with Gasteiger partial charge in [0.15, 0.2) is 5.75 Å². The molecule has 0 radical (unpaired) electrons. The number of alkyl halides is 3. The molecule has 0 unspecified atom stereocenters. The summed E-state index contributed by atoms with van der Waals surface area (Å²) in [6, 6.07) is 10.1. The van der Waals surface area contributed by atoms with Gasteiger partial charge in [0.1, 0.15) is 28.6 Å². The molecule has 6 rings (SSSR count). The Morgan fingerprint density at radius 3 is 2.67 bits per heavy atom. The highest BCUT2D eigenvalue weighted by molar-refractivity contribution is 5.94. The fourth-order valence-electron chi connectivity index (χ4n) is 5.65. The van der Waals surface area contributed by atoms with E-state index in [1.165, 1.54) is 12.1 Å². The van der Waals surface area contributed by atoms with Gasteiger partial charge in [0.25, 0.3) is 0 Å². The van der Waals surface area contributed by atoms with Crippen LogP contribution in [0.15, 0.2) is 55.0 Å². The zero-order valence-corrected chi connectivity index (χ0v) is 21.7. The van der Waals surface area contributed by atoms with Crippen LogP contribution < -0.4 is 10.5 Å². The summed E-state index contributed by atoms with van der Waals surface area (Å²) >= 11 is 0. The van der Waals surface area contributed by atoms with Crippen LogP contribution in [0, 0.1) is 12.8 Å². The average Bonchev–Trinajstić information content (AvgIpc) is 3.53. The number of pyridine rings is 1. The normalized spacial score (nSPS) is 17.9. The Balaban J connectivity index is 1.28. The van der Waals surface area contributed by atoms with Crippen molar-refractivity contribution in [3.05, 3.63) is 72.1 Å². The number of imidazole rings is 1. The number of aromatic amines is 1. The minimum Gasteiger partial charge on any atom is -0.404 e. The van der Waals surface area contributed by atoms with Gasteiger partial charge in [0, 0.05) is 47.9 Å². The monoisotopic (exact) mass is 548 g/mol. The Bertz CT molecular complexity index is 1700. The second-order valence-corrected chi connectivity index (χ2v) is 10.3. The van der Waals surface area contributed by atoms with Crippen molar-refractivity contribution in [3.63, 3.8) is 0 Å². The van der Waals surface area contributed by atoms with E-state index in [0.717, 1.165) is 42.8 Å². The zero-order valence-electron chi connectivity index (χ0n) is 21.7. The summed E-state index contributed by atoms with van der Waals surface area (Å²) in [5, 5.41) is 0.546. The predicted octanol–water partition coefficient (Wildman–Crippen LogP) is 6.15. The van der Waals surface area contributed by atoms with Crippen molar-refractivity contribution in [2.24, 2.45) is 5.92 Å². The first-order valence-electron chi connectivity index (χ1n) is 13.1. The highest BCUT2D eigenvalue weighted by Crippen LogP contribution is 2.40. The van der Waals surface area contributed by atoms with Crippen LogP contribution >= 0.6 is 0 Å². The number of nitrogens with one attached hydrogen (secondary N) is 1. The number of anilines is 1. The van der Waals surface area contributed by atoms with E-state index in [-0.39, 0.29) is 34.7 Å². The van der Waals surface area contributed by atoms with E-state index in [1.807, 2.05) is 23.5 Å². The molecular formula is C29H27F3N6O2. The van der Waals surface area contributed by atoms with Crippen molar-refractivity contribution in [1.29, 1.82) is 0 Å². The molecule has 5 aromatic rings. The highest BCUT2D eigenvalue weighted by atomic mass is 19.4. The van der Waals surface area contributed by atoms with Crippen molar-refractivity contribution in [2.45, 2.75) is 51.3 Å². The number of H-pyrrole nitrogens is 1. The number of para-hydroxylation sites is 1. The quantitative estimate of drug-likeness (QED) is 0.263. The van der Waals surface area contributed by atoms with Crippen LogP contribution in [-0.4, -0.2) is 36.5 Å². The van der Waals surface area contributed by atoms with Gasteiger partial charge in [0.2, 0.25) is 0 Å². The van der Waals surface area contributed by atoms with Crippen molar-refractivity contribution >= 4 is 28.0 Å². The first kappa shape index (κ1) is 25.8. The topological polar surface area (TPSA) is 111 Å². The van der Waals surface area contributed by atoms with Crippen LogP contribution in [0.5, 0.6) is 5.75 Å². The van der Waals surface area contributed by atoms with E-state index in [0.29, 0.717) is 28.7 Å². The smallest absolute Gasteiger partial charge is 0.404 e. The summed E-state index contributed by atoms with van der Waals surface area (Å²) in [4.78, 5) is 29.5. The Labute approximate surface area is 227 Å². The van der Waals surface area contributed by atoms with Crippen LogP contribution in [0.4, 0.5) is 19.0 Å². The summed E-state index contributed by atoms with van der Waals surface area (Å²) in [6.45, 7) is 1.92. The van der Waals surface area contributed by atoms with Gasteiger partial charge in [-0.1, -0.05) is 18.2 Å². The summed E-state index contributed by atoms with van der Waals surface area (Å²) in [6.07, 6.45) is 3.76. The van der Waals surface area contributed by atoms with E-state index >= 15 is 0 Å². The van der Waals surface area contributed by atoms with E-state index < -0.39 is 6.36 Å². The molecule has 0 amide bonds. The Hall–Kier alpha value is -4.41. The highest BCUT2D eigenvalue weighted by Gasteiger charge is 2.33. The van der Waals surface area contributed by atoms with Gasteiger partial charge in [-0.3, -0.25) is 14.2 Å². The number of nitrogen functional groups attached to an aromatic ring is 1. The number of hydrogen-bond acceptors (Lipinski definition) is 6. The molecule has 1 fully saturated rings. The fourth-order valence-corrected chi connectivity index (χ4v) is 5.65. The van der Waals surface area contributed by atoms with Gasteiger partial charge in [-0.15, -0.1) is 13.2 Å². The first-order chi connectivity index (χ1) is 19.2. The summed E-state index contributed by atoms with van der Waals surface area (Å²) < 4.78 is 45.0. The van der Waals surface area contributed by atoms with Gasteiger partial charge >= 0.3 is 6.36 Å². The molecule has 0 saturated heterocycles. The lowest BCUT2D eigenvalue weighted by atomic mass is 9.78. The second-order valence-electron chi connectivity index (χ2n) is 10.3.